The normalized spacial score (nSPS) is 11.5. The van der Waals surface area contributed by atoms with Crippen molar-refractivity contribution in [1.29, 1.82) is 0 Å². The molecule has 2 heterocycles. The van der Waals surface area contributed by atoms with Gasteiger partial charge in [-0.3, -0.25) is 14.4 Å². The number of methoxy groups -OCH3 is 1. The van der Waals surface area contributed by atoms with E-state index in [2.05, 4.69) is 15.6 Å². The fourth-order valence-electron chi connectivity index (χ4n) is 3.19. The molecule has 10 nitrogen and oxygen atoms in total. The molecule has 0 saturated carbocycles. The molecule has 0 fully saturated rings. The molecular formula is C23H23N3O7. The van der Waals surface area contributed by atoms with Crippen LogP contribution >= 0.6 is 0 Å². The summed E-state index contributed by atoms with van der Waals surface area (Å²) in [6, 6.07) is 10.5. The van der Waals surface area contributed by atoms with Crippen LogP contribution in [0.4, 0.5) is 5.82 Å². The number of carbonyl (C=O) groups is 2. The Labute approximate surface area is 188 Å². The molecule has 10 heteroatoms. The molecular weight excluding hydrogens is 430 g/mol. The highest BCUT2D eigenvalue weighted by Gasteiger charge is 2.27. The van der Waals surface area contributed by atoms with Crippen LogP contribution in [0.5, 0.6) is 17.2 Å². The lowest BCUT2D eigenvalue weighted by molar-refractivity contribution is -0.124. The number of rotatable bonds is 8. The summed E-state index contributed by atoms with van der Waals surface area (Å²) in [5.41, 5.74) is -0.207. The summed E-state index contributed by atoms with van der Waals surface area (Å²) in [5, 5.41) is 25.3. The maximum absolute atomic E-state index is 12.7. The van der Waals surface area contributed by atoms with Crippen molar-refractivity contribution in [3.05, 3.63) is 76.0 Å². The fourth-order valence-corrected chi connectivity index (χ4v) is 3.19. The van der Waals surface area contributed by atoms with Gasteiger partial charge in [0.25, 0.3) is 0 Å². The SMILES string of the molecule is COc1cc([C@H](CC(=O)NCC(=O)Nc2ccccn2)c2oc(C)cc(=O)c2O)ccc1O. The highest BCUT2D eigenvalue weighted by atomic mass is 16.5. The first-order valence-electron chi connectivity index (χ1n) is 9.96. The summed E-state index contributed by atoms with van der Waals surface area (Å²) >= 11 is 0. The number of phenolic OH excluding ortho intramolecular Hbond substituents is 1. The Morgan fingerprint density at radius 1 is 1.15 bits per heavy atom. The Kier molecular flexibility index (Phi) is 7.29. The number of hydrogen-bond acceptors (Lipinski definition) is 8. The third-order valence-corrected chi connectivity index (χ3v) is 4.76. The third kappa shape index (κ3) is 5.88. The van der Waals surface area contributed by atoms with E-state index in [0.29, 0.717) is 11.4 Å². The standard InChI is InChI=1S/C23H23N3O7/c1-13-9-17(28)22(31)23(33-13)15(14-6-7-16(27)18(10-14)32-2)11-20(29)25-12-21(30)26-19-5-3-4-8-24-19/h3-10,15,27,31H,11-12H2,1-2H3,(H,25,29)(H,24,26,30)/t15-/m0/s1. The van der Waals surface area contributed by atoms with Crippen LogP contribution in [0.1, 0.15) is 29.4 Å². The van der Waals surface area contributed by atoms with Crippen molar-refractivity contribution in [2.75, 3.05) is 19.0 Å². The number of aromatic hydroxyl groups is 2. The van der Waals surface area contributed by atoms with Crippen LogP contribution in [0.25, 0.3) is 0 Å². The summed E-state index contributed by atoms with van der Waals surface area (Å²) in [4.78, 5) is 40.9. The van der Waals surface area contributed by atoms with Gasteiger partial charge in [-0.1, -0.05) is 12.1 Å². The molecule has 0 aliphatic carbocycles. The lowest BCUT2D eigenvalue weighted by atomic mass is 9.91. The second-order valence-corrected chi connectivity index (χ2v) is 7.16. The van der Waals surface area contributed by atoms with Gasteiger partial charge in [-0.05, 0) is 36.8 Å². The van der Waals surface area contributed by atoms with Gasteiger partial charge in [-0.25, -0.2) is 4.98 Å². The molecule has 2 amide bonds. The second kappa shape index (κ2) is 10.3. The van der Waals surface area contributed by atoms with E-state index in [0.717, 1.165) is 6.07 Å². The van der Waals surface area contributed by atoms with Crippen LogP contribution in [-0.2, 0) is 9.59 Å². The maximum Gasteiger partial charge on any atom is 0.244 e. The van der Waals surface area contributed by atoms with Crippen LogP contribution in [0.2, 0.25) is 0 Å². The summed E-state index contributed by atoms with van der Waals surface area (Å²) < 4.78 is 10.7. The minimum Gasteiger partial charge on any atom is -0.504 e. The van der Waals surface area contributed by atoms with E-state index in [-0.39, 0.29) is 36.0 Å². The van der Waals surface area contributed by atoms with Gasteiger partial charge < -0.3 is 30.0 Å². The number of phenols is 1. The fraction of sp³-hybridized carbons (Fsp3) is 0.217. The second-order valence-electron chi connectivity index (χ2n) is 7.16. The zero-order valence-electron chi connectivity index (χ0n) is 18.0. The molecule has 0 saturated heterocycles. The Bertz CT molecular complexity index is 1210. The van der Waals surface area contributed by atoms with Crippen LogP contribution in [0, 0.1) is 6.92 Å². The highest BCUT2D eigenvalue weighted by molar-refractivity contribution is 5.93. The zero-order chi connectivity index (χ0) is 24.0. The van der Waals surface area contributed by atoms with E-state index in [4.69, 9.17) is 9.15 Å². The number of aromatic nitrogens is 1. The molecule has 0 spiro atoms. The zero-order valence-corrected chi connectivity index (χ0v) is 18.0. The van der Waals surface area contributed by atoms with Gasteiger partial charge in [0.05, 0.1) is 19.6 Å². The molecule has 3 aromatic rings. The first kappa shape index (κ1) is 23.3. The van der Waals surface area contributed by atoms with Gasteiger partial charge in [-0.2, -0.15) is 0 Å². The van der Waals surface area contributed by atoms with Crippen LogP contribution in [0.15, 0.2) is 57.9 Å². The number of amides is 2. The molecule has 0 aliphatic rings. The number of aryl methyl sites for hydroxylation is 1. The minimum absolute atomic E-state index is 0.110. The predicted octanol–water partition coefficient (Wildman–Crippen LogP) is 2.04. The van der Waals surface area contributed by atoms with E-state index in [1.165, 1.54) is 31.5 Å². The average molecular weight is 453 g/mol. The number of nitrogens with zero attached hydrogens (tertiary/aromatic N) is 1. The van der Waals surface area contributed by atoms with Crippen molar-refractivity contribution in [3.63, 3.8) is 0 Å². The minimum atomic E-state index is -0.897. The van der Waals surface area contributed by atoms with Crippen molar-refractivity contribution in [2.45, 2.75) is 19.3 Å². The summed E-state index contributed by atoms with van der Waals surface area (Å²) in [5.74, 6) is -2.03. The van der Waals surface area contributed by atoms with Gasteiger partial charge >= 0.3 is 0 Å². The topological polar surface area (TPSA) is 151 Å². The summed E-state index contributed by atoms with van der Waals surface area (Å²) in [6.45, 7) is 1.23. The number of nitrogens with one attached hydrogen (secondary N) is 2. The van der Waals surface area contributed by atoms with Crippen molar-refractivity contribution in [2.24, 2.45) is 0 Å². The first-order chi connectivity index (χ1) is 15.8. The molecule has 2 aromatic heterocycles. The molecule has 3 rings (SSSR count). The predicted molar refractivity (Wildman–Crippen MR) is 118 cm³/mol. The quantitative estimate of drug-likeness (QED) is 0.405. The molecule has 4 N–H and O–H groups in total. The van der Waals surface area contributed by atoms with Crippen molar-refractivity contribution >= 4 is 17.6 Å². The number of pyridine rings is 1. The summed E-state index contributed by atoms with van der Waals surface area (Å²) in [6.07, 6.45) is 1.26. The van der Waals surface area contributed by atoms with Crippen molar-refractivity contribution in [3.8, 4) is 17.2 Å². The van der Waals surface area contributed by atoms with Crippen molar-refractivity contribution < 1.29 is 29.0 Å². The van der Waals surface area contributed by atoms with Crippen molar-refractivity contribution in [1.82, 2.24) is 10.3 Å². The Morgan fingerprint density at radius 3 is 2.64 bits per heavy atom. The Hall–Kier alpha value is -4.34. The number of hydrogen-bond donors (Lipinski definition) is 4. The number of benzene rings is 1. The van der Waals surface area contributed by atoms with E-state index in [1.54, 1.807) is 25.1 Å². The average Bonchev–Trinajstić information content (AvgIpc) is 2.80. The number of carbonyl (C=O) groups excluding carboxylic acids is 2. The molecule has 0 unspecified atom stereocenters. The van der Waals surface area contributed by atoms with Crippen LogP contribution in [0.3, 0.4) is 0 Å². The lowest BCUT2D eigenvalue weighted by Crippen LogP contribution is -2.34. The molecule has 0 bridgehead atoms. The van der Waals surface area contributed by atoms with E-state index >= 15 is 0 Å². The summed E-state index contributed by atoms with van der Waals surface area (Å²) in [7, 11) is 1.37. The van der Waals surface area contributed by atoms with Gasteiger partial charge in [0, 0.05) is 18.7 Å². The largest absolute Gasteiger partial charge is 0.504 e. The van der Waals surface area contributed by atoms with Gasteiger partial charge in [-0.15, -0.1) is 0 Å². The highest BCUT2D eigenvalue weighted by Crippen LogP contribution is 2.37. The number of ether oxygens (including phenoxy) is 1. The monoisotopic (exact) mass is 453 g/mol. The van der Waals surface area contributed by atoms with E-state index in [9.17, 15) is 24.6 Å². The lowest BCUT2D eigenvalue weighted by Gasteiger charge is -2.19. The van der Waals surface area contributed by atoms with E-state index < -0.39 is 28.9 Å². The molecule has 0 radical (unpaired) electrons. The maximum atomic E-state index is 12.7. The third-order valence-electron chi connectivity index (χ3n) is 4.76. The van der Waals surface area contributed by atoms with Gasteiger partial charge in [0.1, 0.15) is 11.6 Å². The van der Waals surface area contributed by atoms with Gasteiger partial charge in [0.15, 0.2) is 17.3 Å². The molecule has 33 heavy (non-hydrogen) atoms. The Balaban J connectivity index is 1.82. The molecule has 1 atom stereocenters. The first-order valence-corrected chi connectivity index (χ1v) is 9.96. The van der Waals surface area contributed by atoms with Crippen LogP contribution < -0.4 is 20.8 Å². The van der Waals surface area contributed by atoms with E-state index in [1.807, 2.05) is 0 Å². The molecule has 172 valence electrons. The van der Waals surface area contributed by atoms with Gasteiger partial charge in [0.2, 0.25) is 23.0 Å². The molecule has 0 aliphatic heterocycles. The Morgan fingerprint density at radius 2 is 1.94 bits per heavy atom. The molecule has 1 aromatic carbocycles. The number of anilines is 1. The smallest absolute Gasteiger partial charge is 0.244 e. The van der Waals surface area contributed by atoms with Crippen LogP contribution in [-0.4, -0.2) is 40.7 Å².